The van der Waals surface area contributed by atoms with Crippen molar-refractivity contribution >= 4 is 12.1 Å². The zero-order chi connectivity index (χ0) is 18.7. The Hall–Kier alpha value is -2.86. The molecule has 1 amide bonds. The number of benzene rings is 2. The molecular formula is C20H23N3O3. The third-order valence-corrected chi connectivity index (χ3v) is 4.61. The maximum Gasteiger partial charge on any atom is 0.254 e. The average Bonchev–Trinajstić information content (AvgIpc) is 2.97. The van der Waals surface area contributed by atoms with Gasteiger partial charge in [-0.25, -0.2) is 5.43 Å². The average molecular weight is 353 g/mol. The van der Waals surface area contributed by atoms with Crippen LogP contribution in [-0.4, -0.2) is 35.8 Å². The summed E-state index contributed by atoms with van der Waals surface area (Å²) in [6.45, 7) is 6.02. The third-order valence-electron chi connectivity index (χ3n) is 4.61. The maximum atomic E-state index is 12.1. The zero-order valence-corrected chi connectivity index (χ0v) is 15.2. The van der Waals surface area contributed by atoms with E-state index in [2.05, 4.69) is 41.4 Å². The summed E-state index contributed by atoms with van der Waals surface area (Å²) >= 11 is 0. The summed E-state index contributed by atoms with van der Waals surface area (Å²) in [7, 11) is 1.48. The Morgan fingerprint density at radius 2 is 1.92 bits per heavy atom. The molecule has 0 aliphatic carbocycles. The van der Waals surface area contributed by atoms with Crippen molar-refractivity contribution in [2.75, 3.05) is 13.7 Å². The molecular weight excluding hydrogens is 330 g/mol. The molecule has 6 nitrogen and oxygen atoms in total. The minimum Gasteiger partial charge on any atom is -0.504 e. The highest BCUT2D eigenvalue weighted by atomic mass is 16.5. The van der Waals surface area contributed by atoms with Crippen molar-refractivity contribution in [1.82, 2.24) is 10.3 Å². The molecule has 26 heavy (non-hydrogen) atoms. The number of aryl methyl sites for hydroxylation is 2. The van der Waals surface area contributed by atoms with Gasteiger partial charge in [0.25, 0.3) is 5.91 Å². The van der Waals surface area contributed by atoms with Crippen molar-refractivity contribution < 1.29 is 14.6 Å². The molecule has 0 saturated carbocycles. The number of para-hydroxylation sites is 1. The Labute approximate surface area is 153 Å². The number of phenols is 1. The first kappa shape index (κ1) is 17.9. The lowest BCUT2D eigenvalue weighted by Gasteiger charge is -2.12. The summed E-state index contributed by atoms with van der Waals surface area (Å²) in [6.07, 6.45) is 1.40. The van der Waals surface area contributed by atoms with Crippen molar-refractivity contribution in [3.05, 3.63) is 58.1 Å². The summed E-state index contributed by atoms with van der Waals surface area (Å²) in [6, 6.07) is 9.49. The number of hydrogen-bond donors (Lipinski definition) is 2. The number of phenolic OH excluding ortho intramolecular Hbond substituents is 1. The molecule has 0 radical (unpaired) electrons. The van der Waals surface area contributed by atoms with E-state index in [0.29, 0.717) is 11.3 Å². The largest absolute Gasteiger partial charge is 0.504 e. The van der Waals surface area contributed by atoms with Gasteiger partial charge in [-0.3, -0.25) is 9.69 Å². The number of aromatic hydroxyl groups is 1. The monoisotopic (exact) mass is 353 g/mol. The summed E-state index contributed by atoms with van der Waals surface area (Å²) in [4.78, 5) is 14.2. The molecule has 3 rings (SSSR count). The second-order valence-electron chi connectivity index (χ2n) is 6.54. The molecule has 0 spiro atoms. The van der Waals surface area contributed by atoms with Gasteiger partial charge in [0.1, 0.15) is 0 Å². The number of carbonyl (C=O) groups excluding carboxylic acids is 1. The van der Waals surface area contributed by atoms with Gasteiger partial charge in [-0.2, -0.15) is 5.10 Å². The number of hydrazone groups is 1. The quantitative estimate of drug-likeness (QED) is 0.640. The predicted molar refractivity (Wildman–Crippen MR) is 100 cm³/mol. The first-order valence-electron chi connectivity index (χ1n) is 8.47. The minimum atomic E-state index is -0.190. The van der Waals surface area contributed by atoms with Gasteiger partial charge in [-0.1, -0.05) is 18.2 Å². The van der Waals surface area contributed by atoms with Gasteiger partial charge in [0.15, 0.2) is 11.5 Å². The fraction of sp³-hybridized carbons (Fsp3) is 0.300. The SMILES string of the molecule is COc1cccc(/C=N\NC(=O)CN2Cc3cc(C)c(C)cc3C2)c1O. The van der Waals surface area contributed by atoms with Gasteiger partial charge in [0, 0.05) is 18.7 Å². The van der Waals surface area contributed by atoms with E-state index in [1.807, 2.05) is 0 Å². The van der Waals surface area contributed by atoms with Crippen molar-refractivity contribution in [2.24, 2.45) is 5.10 Å². The Kier molecular flexibility index (Phi) is 5.23. The molecule has 6 heteroatoms. The van der Waals surface area contributed by atoms with Crippen LogP contribution >= 0.6 is 0 Å². The molecule has 0 bridgehead atoms. The van der Waals surface area contributed by atoms with Gasteiger partial charge in [-0.15, -0.1) is 0 Å². The zero-order valence-electron chi connectivity index (χ0n) is 15.2. The Morgan fingerprint density at radius 3 is 2.54 bits per heavy atom. The van der Waals surface area contributed by atoms with Crippen LogP contribution in [0, 0.1) is 13.8 Å². The predicted octanol–water partition coefficient (Wildman–Crippen LogP) is 2.48. The van der Waals surface area contributed by atoms with E-state index in [-0.39, 0.29) is 18.2 Å². The number of fused-ring (bicyclic) bond motifs is 1. The minimum absolute atomic E-state index is 0.00580. The van der Waals surface area contributed by atoms with Crippen LogP contribution in [0.15, 0.2) is 35.4 Å². The second kappa shape index (κ2) is 7.58. The first-order chi connectivity index (χ1) is 12.5. The highest BCUT2D eigenvalue weighted by molar-refractivity contribution is 5.86. The lowest BCUT2D eigenvalue weighted by atomic mass is 10.0. The molecule has 2 aromatic rings. The van der Waals surface area contributed by atoms with E-state index in [4.69, 9.17) is 4.74 Å². The Bertz CT molecular complexity index is 831. The van der Waals surface area contributed by atoms with Gasteiger partial charge in [0.2, 0.25) is 0 Å². The Balaban J connectivity index is 1.56. The molecule has 1 heterocycles. The van der Waals surface area contributed by atoms with Crippen molar-refractivity contribution in [1.29, 1.82) is 0 Å². The molecule has 1 aliphatic rings. The second-order valence-corrected chi connectivity index (χ2v) is 6.54. The van der Waals surface area contributed by atoms with E-state index in [0.717, 1.165) is 13.1 Å². The van der Waals surface area contributed by atoms with Crippen LogP contribution in [0.3, 0.4) is 0 Å². The van der Waals surface area contributed by atoms with Crippen LogP contribution in [0.5, 0.6) is 11.5 Å². The third kappa shape index (κ3) is 3.86. The van der Waals surface area contributed by atoms with E-state index in [9.17, 15) is 9.90 Å². The first-order valence-corrected chi connectivity index (χ1v) is 8.47. The fourth-order valence-corrected chi connectivity index (χ4v) is 3.10. The number of nitrogens with one attached hydrogen (secondary N) is 1. The van der Waals surface area contributed by atoms with Gasteiger partial charge >= 0.3 is 0 Å². The lowest BCUT2D eigenvalue weighted by molar-refractivity contribution is -0.122. The number of rotatable bonds is 5. The summed E-state index contributed by atoms with van der Waals surface area (Å²) in [5, 5.41) is 13.9. The summed E-state index contributed by atoms with van der Waals surface area (Å²) < 4.78 is 5.04. The Morgan fingerprint density at radius 1 is 1.27 bits per heavy atom. The summed E-state index contributed by atoms with van der Waals surface area (Å²) in [5.41, 5.74) is 8.10. The van der Waals surface area contributed by atoms with Crippen LogP contribution in [0.4, 0.5) is 0 Å². The highest BCUT2D eigenvalue weighted by Crippen LogP contribution is 2.28. The molecule has 0 saturated heterocycles. The molecule has 0 unspecified atom stereocenters. The number of nitrogens with zero attached hydrogens (tertiary/aromatic N) is 2. The molecule has 136 valence electrons. The van der Waals surface area contributed by atoms with Crippen LogP contribution in [0.2, 0.25) is 0 Å². The van der Waals surface area contributed by atoms with Gasteiger partial charge < -0.3 is 9.84 Å². The lowest BCUT2D eigenvalue weighted by Crippen LogP contribution is -2.32. The molecule has 0 aromatic heterocycles. The molecule has 0 atom stereocenters. The van der Waals surface area contributed by atoms with Crippen molar-refractivity contribution in [2.45, 2.75) is 26.9 Å². The molecule has 1 aliphatic heterocycles. The number of ether oxygens (including phenoxy) is 1. The molecule has 2 N–H and O–H groups in total. The van der Waals surface area contributed by atoms with Gasteiger partial charge in [0.05, 0.1) is 19.9 Å². The van der Waals surface area contributed by atoms with Crippen LogP contribution in [-0.2, 0) is 17.9 Å². The highest BCUT2D eigenvalue weighted by Gasteiger charge is 2.21. The van der Waals surface area contributed by atoms with Crippen molar-refractivity contribution in [3.8, 4) is 11.5 Å². The number of carbonyl (C=O) groups is 1. The normalized spacial score (nSPS) is 13.8. The van der Waals surface area contributed by atoms with E-state index >= 15 is 0 Å². The van der Waals surface area contributed by atoms with Crippen molar-refractivity contribution in [3.63, 3.8) is 0 Å². The standard InChI is InChI=1S/C20H23N3O3/c1-13-7-16-10-23(11-17(16)8-14(13)2)12-19(24)22-21-9-15-5-4-6-18(26-3)20(15)25/h4-9,25H,10-12H2,1-3H3,(H,22,24)/b21-9-. The van der Waals surface area contributed by atoms with Gasteiger partial charge in [-0.05, 0) is 48.2 Å². The molecule has 0 fully saturated rings. The van der Waals surface area contributed by atoms with E-state index in [1.54, 1.807) is 18.2 Å². The maximum absolute atomic E-state index is 12.1. The van der Waals surface area contributed by atoms with Crippen LogP contribution in [0.1, 0.15) is 27.8 Å². The fourth-order valence-electron chi connectivity index (χ4n) is 3.10. The topological polar surface area (TPSA) is 74.2 Å². The summed E-state index contributed by atoms with van der Waals surface area (Å²) in [5.74, 6) is 0.166. The number of methoxy groups -OCH3 is 1. The van der Waals surface area contributed by atoms with Crippen LogP contribution < -0.4 is 10.2 Å². The number of hydrogen-bond acceptors (Lipinski definition) is 5. The van der Waals surface area contributed by atoms with Crippen LogP contribution in [0.25, 0.3) is 0 Å². The smallest absolute Gasteiger partial charge is 0.254 e. The van der Waals surface area contributed by atoms with E-state index < -0.39 is 0 Å². The molecule has 2 aromatic carbocycles. The number of amides is 1. The van der Waals surface area contributed by atoms with E-state index in [1.165, 1.54) is 35.6 Å².